The third kappa shape index (κ3) is 7.56. The highest BCUT2D eigenvalue weighted by Gasteiger charge is 2.43. The van der Waals surface area contributed by atoms with Gasteiger partial charge in [0.05, 0.1) is 37.1 Å². The van der Waals surface area contributed by atoms with Crippen LogP contribution in [-0.2, 0) is 35.6 Å². The molecule has 0 fully saturated rings. The number of carbonyl (C=O) groups excluding carboxylic acids is 2. The van der Waals surface area contributed by atoms with Crippen LogP contribution in [0.25, 0.3) is 0 Å². The van der Waals surface area contributed by atoms with Gasteiger partial charge in [0.25, 0.3) is 0 Å². The second-order valence-electron chi connectivity index (χ2n) is 12.7. The molecule has 2 heterocycles. The Morgan fingerprint density at radius 2 is 1.31 bits per heavy atom. The van der Waals surface area contributed by atoms with Crippen LogP contribution in [0.3, 0.4) is 0 Å². The number of benzene rings is 5. The summed E-state index contributed by atoms with van der Waals surface area (Å²) in [5.41, 5.74) is 6.43. The summed E-state index contributed by atoms with van der Waals surface area (Å²) in [5.74, 6) is 0.255. The van der Waals surface area contributed by atoms with E-state index in [-0.39, 0.29) is 17.4 Å². The van der Waals surface area contributed by atoms with Crippen LogP contribution in [0.2, 0.25) is 0 Å². The number of phenols is 1. The van der Waals surface area contributed by atoms with Gasteiger partial charge in [0.15, 0.2) is 0 Å². The SMILES string of the molecule is COC(=O)c1cc2c([nH]1)C(c1ccc(O)cc1)N(Cc1ccc(OCc3ccccc3)cc1)[C@@H](Cc1ccccc1)C(=O)N2Cc1ccccc1. The number of esters is 1. The van der Waals surface area contributed by atoms with Crippen molar-refractivity contribution in [2.24, 2.45) is 0 Å². The second kappa shape index (κ2) is 15.2. The van der Waals surface area contributed by atoms with Gasteiger partial charge in [-0.3, -0.25) is 9.69 Å². The van der Waals surface area contributed by atoms with E-state index in [2.05, 4.69) is 9.88 Å². The molecule has 0 aliphatic carbocycles. The number of aromatic nitrogens is 1. The van der Waals surface area contributed by atoms with E-state index >= 15 is 4.79 Å². The number of ether oxygens (including phenoxy) is 2. The maximum Gasteiger partial charge on any atom is 0.354 e. The van der Waals surface area contributed by atoms with Crippen LogP contribution >= 0.6 is 0 Å². The number of aromatic amines is 1. The zero-order valence-electron chi connectivity index (χ0n) is 28.3. The minimum absolute atomic E-state index is 0.0940. The molecule has 0 saturated carbocycles. The molecule has 51 heavy (non-hydrogen) atoms. The molecular formula is C43H39N3O5. The molecule has 1 unspecified atom stereocenters. The highest BCUT2D eigenvalue weighted by atomic mass is 16.5. The molecule has 1 aliphatic heterocycles. The van der Waals surface area contributed by atoms with Crippen LogP contribution in [0.1, 0.15) is 50.0 Å². The van der Waals surface area contributed by atoms with Gasteiger partial charge in [0.1, 0.15) is 23.8 Å². The lowest BCUT2D eigenvalue weighted by Gasteiger charge is -2.36. The first-order chi connectivity index (χ1) is 25.0. The maximum absolute atomic E-state index is 15.2. The summed E-state index contributed by atoms with van der Waals surface area (Å²) >= 11 is 0. The molecular weight excluding hydrogens is 638 g/mol. The summed E-state index contributed by atoms with van der Waals surface area (Å²) in [6, 6.07) is 45.5. The number of hydrogen-bond acceptors (Lipinski definition) is 6. The number of fused-ring (bicyclic) bond motifs is 1. The Kier molecular flexibility index (Phi) is 9.94. The van der Waals surface area contributed by atoms with Crippen molar-refractivity contribution in [3.8, 4) is 11.5 Å². The van der Waals surface area contributed by atoms with E-state index in [0.717, 1.165) is 33.6 Å². The van der Waals surface area contributed by atoms with Gasteiger partial charge in [-0.25, -0.2) is 4.79 Å². The molecule has 8 heteroatoms. The van der Waals surface area contributed by atoms with Gasteiger partial charge in [0, 0.05) is 6.54 Å². The van der Waals surface area contributed by atoms with Crippen LogP contribution in [-0.4, -0.2) is 40.0 Å². The molecule has 8 nitrogen and oxygen atoms in total. The van der Waals surface area contributed by atoms with Crippen molar-refractivity contribution in [3.05, 3.63) is 185 Å². The molecule has 0 saturated heterocycles. The molecule has 0 radical (unpaired) electrons. The minimum atomic E-state index is -0.605. The van der Waals surface area contributed by atoms with E-state index in [0.29, 0.717) is 37.5 Å². The number of carbonyl (C=O) groups is 2. The molecule has 1 aromatic heterocycles. The highest BCUT2D eigenvalue weighted by molar-refractivity contribution is 6.00. The first-order valence-electron chi connectivity index (χ1n) is 17.0. The van der Waals surface area contributed by atoms with Crippen LogP contribution in [0.5, 0.6) is 11.5 Å². The van der Waals surface area contributed by atoms with Gasteiger partial charge in [-0.15, -0.1) is 0 Å². The van der Waals surface area contributed by atoms with Crippen LogP contribution in [0.15, 0.2) is 146 Å². The topological polar surface area (TPSA) is 95.1 Å². The van der Waals surface area contributed by atoms with Gasteiger partial charge >= 0.3 is 5.97 Å². The Bertz CT molecular complexity index is 2060. The summed E-state index contributed by atoms with van der Waals surface area (Å²) in [7, 11) is 1.34. The van der Waals surface area contributed by atoms with E-state index < -0.39 is 18.1 Å². The molecule has 256 valence electrons. The number of rotatable bonds is 11. The fourth-order valence-corrected chi connectivity index (χ4v) is 6.73. The molecule has 1 amide bonds. The van der Waals surface area contributed by atoms with Gasteiger partial charge in [-0.2, -0.15) is 0 Å². The van der Waals surface area contributed by atoms with Crippen molar-refractivity contribution >= 4 is 17.6 Å². The summed E-state index contributed by atoms with van der Waals surface area (Å²) < 4.78 is 11.2. The number of aromatic hydroxyl groups is 1. The van der Waals surface area contributed by atoms with E-state index in [1.54, 1.807) is 23.1 Å². The normalized spacial score (nSPS) is 15.9. The molecule has 2 N–H and O–H groups in total. The lowest BCUT2D eigenvalue weighted by atomic mass is 9.96. The molecule has 0 spiro atoms. The number of phenolic OH excluding ortho intramolecular Hbond substituents is 1. The third-order valence-corrected chi connectivity index (χ3v) is 9.28. The van der Waals surface area contributed by atoms with E-state index in [4.69, 9.17) is 9.47 Å². The van der Waals surface area contributed by atoms with E-state index in [9.17, 15) is 9.90 Å². The molecule has 5 aromatic carbocycles. The smallest absolute Gasteiger partial charge is 0.354 e. The Balaban J connectivity index is 1.34. The first-order valence-corrected chi connectivity index (χ1v) is 17.0. The van der Waals surface area contributed by atoms with Crippen LogP contribution < -0.4 is 9.64 Å². The summed E-state index contributed by atoms with van der Waals surface area (Å²) in [5, 5.41) is 10.3. The van der Waals surface area contributed by atoms with Crippen molar-refractivity contribution in [2.45, 2.75) is 38.2 Å². The Labute approximate surface area is 297 Å². The van der Waals surface area contributed by atoms with Crippen LogP contribution in [0.4, 0.5) is 5.69 Å². The van der Waals surface area contributed by atoms with Crippen molar-refractivity contribution < 1.29 is 24.2 Å². The Morgan fingerprint density at radius 3 is 1.94 bits per heavy atom. The summed E-state index contributed by atoms with van der Waals surface area (Å²) in [4.78, 5) is 35.5. The zero-order valence-corrected chi connectivity index (χ0v) is 28.3. The predicted octanol–water partition coefficient (Wildman–Crippen LogP) is 7.84. The average molecular weight is 678 g/mol. The van der Waals surface area contributed by atoms with Crippen molar-refractivity contribution in [3.63, 3.8) is 0 Å². The lowest BCUT2D eigenvalue weighted by Crippen LogP contribution is -2.48. The summed E-state index contributed by atoms with van der Waals surface area (Å²) in [6.45, 7) is 1.16. The predicted molar refractivity (Wildman–Crippen MR) is 196 cm³/mol. The molecule has 1 aliphatic rings. The van der Waals surface area contributed by atoms with E-state index in [1.807, 2.05) is 127 Å². The first kappa shape index (κ1) is 33.4. The number of methoxy groups -OCH3 is 1. The quantitative estimate of drug-likeness (QED) is 0.136. The van der Waals surface area contributed by atoms with Gasteiger partial charge in [0.2, 0.25) is 5.91 Å². The van der Waals surface area contributed by atoms with Crippen LogP contribution in [0, 0.1) is 0 Å². The van der Waals surface area contributed by atoms with Crippen molar-refractivity contribution in [1.82, 2.24) is 9.88 Å². The van der Waals surface area contributed by atoms with Gasteiger partial charge in [-0.05, 0) is 64.6 Å². The van der Waals surface area contributed by atoms with Crippen molar-refractivity contribution in [1.29, 1.82) is 0 Å². The standard InChI is InChI=1S/C43H39N3O5/c1-50-43(49)37-26-38-40(44-37)41(34-19-21-35(47)22-20-34)45(27-32-17-23-36(24-18-32)51-29-33-15-9-4-10-16-33)39(25-30-11-5-2-6-12-30)42(48)46(38)28-31-13-7-3-8-14-31/h2-24,26,39,41,44,47H,25,27-29H2,1H3/t39-,41?/m0/s1. The van der Waals surface area contributed by atoms with Gasteiger partial charge < -0.3 is 24.5 Å². The van der Waals surface area contributed by atoms with Gasteiger partial charge in [-0.1, -0.05) is 115 Å². The number of nitrogens with zero attached hydrogens (tertiary/aromatic N) is 2. The minimum Gasteiger partial charge on any atom is -0.508 e. The number of H-pyrrole nitrogens is 1. The number of anilines is 1. The Morgan fingerprint density at radius 1 is 0.725 bits per heavy atom. The van der Waals surface area contributed by atoms with Crippen molar-refractivity contribution in [2.75, 3.05) is 12.0 Å². The molecule has 6 aromatic rings. The average Bonchev–Trinajstić information content (AvgIpc) is 3.58. The monoisotopic (exact) mass is 677 g/mol. The lowest BCUT2D eigenvalue weighted by molar-refractivity contribution is -0.124. The second-order valence-corrected chi connectivity index (χ2v) is 12.7. The maximum atomic E-state index is 15.2. The molecule has 7 rings (SSSR count). The zero-order chi connectivity index (χ0) is 35.2. The summed E-state index contributed by atoms with van der Waals surface area (Å²) in [6.07, 6.45) is 0.450. The third-order valence-electron chi connectivity index (χ3n) is 9.28. The molecule has 0 bridgehead atoms. The Hall–Kier alpha value is -6.12. The largest absolute Gasteiger partial charge is 0.508 e. The van der Waals surface area contributed by atoms with E-state index in [1.165, 1.54) is 7.11 Å². The molecule has 2 atom stereocenters. The number of nitrogens with one attached hydrogen (secondary N) is 1. The number of amides is 1. The number of hydrogen-bond donors (Lipinski definition) is 2. The fraction of sp³-hybridized carbons (Fsp3) is 0.163. The fourth-order valence-electron chi connectivity index (χ4n) is 6.73. The highest BCUT2D eigenvalue weighted by Crippen LogP contribution is 2.43.